The zero-order valence-electron chi connectivity index (χ0n) is 7.77. The Kier molecular flexibility index (Phi) is 2.40. The van der Waals surface area contributed by atoms with Crippen LogP contribution in [0.4, 0.5) is 5.82 Å². The Labute approximate surface area is 81.2 Å². The lowest BCUT2D eigenvalue weighted by molar-refractivity contribution is 0.414. The van der Waals surface area contributed by atoms with Gasteiger partial charge in [0.25, 0.3) is 0 Å². The molecule has 0 bridgehead atoms. The molecule has 1 N–H and O–H groups in total. The molecule has 0 atom stereocenters. The Hall–Kier alpha value is -1.91. The minimum atomic E-state index is 0.659. The van der Waals surface area contributed by atoms with Crippen LogP contribution in [0.5, 0.6) is 0 Å². The van der Waals surface area contributed by atoms with E-state index in [-0.39, 0.29) is 0 Å². The van der Waals surface area contributed by atoms with Gasteiger partial charge in [-0.05, 0) is 13.0 Å². The molecule has 0 aromatic carbocycles. The maximum Gasteiger partial charge on any atom is 0.129 e. The second-order valence-electron chi connectivity index (χ2n) is 2.87. The van der Waals surface area contributed by atoms with Gasteiger partial charge >= 0.3 is 0 Å². The normalized spacial score (nSPS) is 10.1. The van der Waals surface area contributed by atoms with Gasteiger partial charge in [-0.1, -0.05) is 5.16 Å². The summed E-state index contributed by atoms with van der Waals surface area (Å²) in [6.07, 6.45) is 4.82. The van der Waals surface area contributed by atoms with Crippen molar-refractivity contribution in [1.29, 1.82) is 0 Å². The van der Waals surface area contributed by atoms with Crippen molar-refractivity contribution in [3.63, 3.8) is 0 Å². The molecule has 0 amide bonds. The number of aryl methyl sites for hydroxylation is 1. The number of nitrogens with zero attached hydrogens (tertiary/aromatic N) is 3. The molecule has 2 heterocycles. The average Bonchev–Trinajstić information content (AvgIpc) is 2.63. The highest BCUT2D eigenvalue weighted by atomic mass is 16.5. The van der Waals surface area contributed by atoms with Crippen molar-refractivity contribution in [2.45, 2.75) is 13.5 Å². The summed E-state index contributed by atoms with van der Waals surface area (Å²) < 4.78 is 4.81. The quantitative estimate of drug-likeness (QED) is 0.792. The van der Waals surface area contributed by atoms with E-state index < -0.39 is 0 Å². The van der Waals surface area contributed by atoms with Gasteiger partial charge in [0.15, 0.2) is 0 Å². The molecule has 0 aliphatic rings. The maximum atomic E-state index is 4.81. The van der Waals surface area contributed by atoms with Crippen molar-refractivity contribution in [3.05, 3.63) is 36.1 Å². The molecule has 5 nitrogen and oxygen atoms in total. The van der Waals surface area contributed by atoms with Gasteiger partial charge < -0.3 is 9.84 Å². The first-order chi connectivity index (χ1) is 6.86. The fraction of sp³-hybridized carbons (Fsp3) is 0.222. The molecule has 72 valence electrons. The molecule has 0 spiro atoms. The minimum absolute atomic E-state index is 0.659. The van der Waals surface area contributed by atoms with Gasteiger partial charge in [-0.15, -0.1) is 0 Å². The molecule has 0 fully saturated rings. The highest BCUT2D eigenvalue weighted by Crippen LogP contribution is 2.07. The standard InChI is InChI=1S/C9H10N4O/c1-7-8(5-14-13-7)4-11-9-2-3-10-6-12-9/h2-3,5-6H,4H2,1H3,(H,10,11,12). The van der Waals surface area contributed by atoms with Crippen LogP contribution in [-0.4, -0.2) is 15.1 Å². The molecule has 0 radical (unpaired) electrons. The summed E-state index contributed by atoms with van der Waals surface area (Å²) in [6, 6.07) is 1.81. The molecule has 0 saturated carbocycles. The predicted molar refractivity (Wildman–Crippen MR) is 50.6 cm³/mol. The van der Waals surface area contributed by atoms with E-state index in [9.17, 15) is 0 Å². The van der Waals surface area contributed by atoms with Crippen LogP contribution in [0.15, 0.2) is 29.4 Å². The van der Waals surface area contributed by atoms with Crippen LogP contribution >= 0.6 is 0 Å². The minimum Gasteiger partial charge on any atom is -0.366 e. The van der Waals surface area contributed by atoms with Gasteiger partial charge in [0.05, 0.1) is 5.69 Å². The molecule has 0 unspecified atom stereocenters. The summed E-state index contributed by atoms with van der Waals surface area (Å²) >= 11 is 0. The lowest BCUT2D eigenvalue weighted by atomic mass is 10.3. The highest BCUT2D eigenvalue weighted by molar-refractivity contribution is 5.33. The number of anilines is 1. The predicted octanol–water partition coefficient (Wildman–Crippen LogP) is 1.39. The van der Waals surface area contributed by atoms with Crippen LogP contribution in [0.2, 0.25) is 0 Å². The van der Waals surface area contributed by atoms with Crippen LogP contribution in [0.3, 0.4) is 0 Å². The van der Waals surface area contributed by atoms with E-state index in [2.05, 4.69) is 20.4 Å². The van der Waals surface area contributed by atoms with Crippen molar-refractivity contribution in [2.24, 2.45) is 0 Å². The number of hydrogen-bond donors (Lipinski definition) is 1. The lowest BCUT2D eigenvalue weighted by Gasteiger charge is -2.02. The number of aromatic nitrogens is 3. The zero-order chi connectivity index (χ0) is 9.80. The number of rotatable bonds is 3. The van der Waals surface area contributed by atoms with E-state index in [4.69, 9.17) is 4.52 Å². The maximum absolute atomic E-state index is 4.81. The smallest absolute Gasteiger partial charge is 0.129 e. The summed E-state index contributed by atoms with van der Waals surface area (Å²) in [7, 11) is 0. The van der Waals surface area contributed by atoms with E-state index in [0.29, 0.717) is 6.54 Å². The summed E-state index contributed by atoms with van der Waals surface area (Å²) in [5.74, 6) is 0.792. The highest BCUT2D eigenvalue weighted by Gasteiger charge is 2.01. The molecular weight excluding hydrogens is 180 g/mol. The Morgan fingerprint density at radius 3 is 3.07 bits per heavy atom. The van der Waals surface area contributed by atoms with Gasteiger partial charge in [-0.25, -0.2) is 9.97 Å². The second kappa shape index (κ2) is 3.87. The fourth-order valence-electron chi connectivity index (χ4n) is 1.06. The third-order valence-corrected chi connectivity index (χ3v) is 1.89. The Bertz CT molecular complexity index is 398. The molecule has 0 saturated heterocycles. The van der Waals surface area contributed by atoms with Crippen molar-refractivity contribution < 1.29 is 4.52 Å². The SMILES string of the molecule is Cc1nocc1CNc1ccncn1. The monoisotopic (exact) mass is 190 g/mol. The van der Waals surface area contributed by atoms with Crippen molar-refractivity contribution in [2.75, 3.05) is 5.32 Å². The van der Waals surface area contributed by atoms with Crippen LogP contribution in [0.25, 0.3) is 0 Å². The molecule has 2 aromatic heterocycles. The summed E-state index contributed by atoms with van der Waals surface area (Å²) in [6.45, 7) is 2.56. The first-order valence-corrected chi connectivity index (χ1v) is 4.26. The zero-order valence-corrected chi connectivity index (χ0v) is 7.77. The molecule has 14 heavy (non-hydrogen) atoms. The van der Waals surface area contributed by atoms with Crippen LogP contribution in [0.1, 0.15) is 11.3 Å². The third-order valence-electron chi connectivity index (χ3n) is 1.89. The van der Waals surface area contributed by atoms with Crippen LogP contribution in [-0.2, 0) is 6.54 Å². The van der Waals surface area contributed by atoms with Crippen molar-refractivity contribution in [1.82, 2.24) is 15.1 Å². The Morgan fingerprint density at radius 2 is 2.43 bits per heavy atom. The molecular formula is C9H10N4O. The summed E-state index contributed by atoms with van der Waals surface area (Å²) in [5, 5.41) is 6.92. The largest absolute Gasteiger partial charge is 0.366 e. The molecule has 5 heteroatoms. The van der Waals surface area contributed by atoms with Crippen molar-refractivity contribution >= 4 is 5.82 Å². The van der Waals surface area contributed by atoms with Gasteiger partial charge in [-0.2, -0.15) is 0 Å². The van der Waals surface area contributed by atoms with Gasteiger partial charge in [0.1, 0.15) is 18.4 Å². The first-order valence-electron chi connectivity index (χ1n) is 4.26. The fourth-order valence-corrected chi connectivity index (χ4v) is 1.06. The average molecular weight is 190 g/mol. The topological polar surface area (TPSA) is 63.8 Å². The van der Waals surface area contributed by atoms with Gasteiger partial charge in [0.2, 0.25) is 0 Å². The lowest BCUT2D eigenvalue weighted by Crippen LogP contribution is -2.01. The molecule has 2 aromatic rings. The Balaban J connectivity index is 1.99. The summed E-state index contributed by atoms with van der Waals surface area (Å²) in [4.78, 5) is 7.86. The summed E-state index contributed by atoms with van der Waals surface area (Å²) in [5.41, 5.74) is 1.93. The van der Waals surface area contributed by atoms with E-state index in [1.54, 1.807) is 12.5 Å². The number of nitrogens with one attached hydrogen (secondary N) is 1. The van der Waals surface area contributed by atoms with E-state index in [1.807, 2.05) is 13.0 Å². The molecule has 0 aliphatic heterocycles. The van der Waals surface area contributed by atoms with Gasteiger partial charge in [-0.3, -0.25) is 0 Å². The third kappa shape index (κ3) is 1.87. The van der Waals surface area contributed by atoms with Gasteiger partial charge in [0, 0.05) is 18.3 Å². The number of hydrogen-bond acceptors (Lipinski definition) is 5. The van der Waals surface area contributed by atoms with E-state index in [0.717, 1.165) is 17.1 Å². The Morgan fingerprint density at radius 1 is 1.50 bits per heavy atom. The van der Waals surface area contributed by atoms with Crippen molar-refractivity contribution in [3.8, 4) is 0 Å². The molecule has 0 aliphatic carbocycles. The van der Waals surface area contributed by atoms with Crippen LogP contribution < -0.4 is 5.32 Å². The van der Waals surface area contributed by atoms with E-state index >= 15 is 0 Å². The van der Waals surface area contributed by atoms with Crippen LogP contribution in [0, 0.1) is 6.92 Å². The first kappa shape index (κ1) is 8.68. The van der Waals surface area contributed by atoms with E-state index in [1.165, 1.54) is 6.33 Å². The second-order valence-corrected chi connectivity index (χ2v) is 2.87. The molecule has 2 rings (SSSR count).